The lowest BCUT2D eigenvalue weighted by atomic mass is 9.95. The van der Waals surface area contributed by atoms with Crippen LogP contribution >= 0.6 is 0 Å². The molecule has 0 aliphatic rings. The van der Waals surface area contributed by atoms with Gasteiger partial charge in [0.1, 0.15) is 16.7 Å². The number of rotatable bonds is 5. The second-order valence-corrected chi connectivity index (χ2v) is 7.35. The first-order valence-electron chi connectivity index (χ1n) is 7.11. The fourth-order valence-electron chi connectivity index (χ4n) is 1.49. The van der Waals surface area contributed by atoms with Gasteiger partial charge in [0.25, 0.3) is 0 Å². The molecule has 7 nitrogen and oxygen atoms in total. The van der Waals surface area contributed by atoms with Gasteiger partial charge in [-0.3, -0.25) is 4.79 Å². The van der Waals surface area contributed by atoms with Crippen molar-refractivity contribution in [3.8, 4) is 0 Å². The molecule has 0 rings (SSSR count). The smallest absolute Gasteiger partial charge is 0.408 e. The first kappa shape index (κ1) is 20.2. The van der Waals surface area contributed by atoms with Crippen LogP contribution in [0.4, 0.5) is 4.79 Å². The number of carboxylic acids is 1. The number of hydrogen-bond acceptors (Lipinski definition) is 5. The van der Waals surface area contributed by atoms with Gasteiger partial charge >= 0.3 is 18.0 Å². The third-order valence-corrected chi connectivity index (χ3v) is 2.47. The lowest BCUT2D eigenvalue weighted by Crippen LogP contribution is -2.55. The minimum absolute atomic E-state index is 0.101. The molecule has 0 bridgehead atoms. The quantitative estimate of drug-likeness (QED) is 0.755. The lowest BCUT2D eigenvalue weighted by Gasteiger charge is -2.32. The maximum atomic E-state index is 12.3. The molecule has 0 aliphatic carbocycles. The molecule has 0 aromatic heterocycles. The zero-order valence-corrected chi connectivity index (χ0v) is 14.4. The zero-order valence-electron chi connectivity index (χ0n) is 14.4. The maximum Gasteiger partial charge on any atom is 0.408 e. The van der Waals surface area contributed by atoms with Crippen molar-refractivity contribution in [2.75, 3.05) is 0 Å². The SMILES string of the molecule is CC(C)(C)OC(=O)N[C@@](C)(CCC(=O)O)C(=O)OC(C)(C)C. The van der Waals surface area contributed by atoms with Crippen molar-refractivity contribution < 1.29 is 29.0 Å². The Balaban J connectivity index is 5.12. The third kappa shape index (κ3) is 8.49. The monoisotopic (exact) mass is 317 g/mol. The van der Waals surface area contributed by atoms with Crippen molar-refractivity contribution >= 4 is 18.0 Å². The second-order valence-electron chi connectivity index (χ2n) is 7.35. The molecule has 0 aromatic rings. The minimum Gasteiger partial charge on any atom is -0.481 e. The highest BCUT2D eigenvalue weighted by molar-refractivity contribution is 5.86. The van der Waals surface area contributed by atoms with E-state index < -0.39 is 34.8 Å². The summed E-state index contributed by atoms with van der Waals surface area (Å²) in [5.41, 5.74) is -2.96. The normalized spacial score (nSPS) is 14.7. The molecular formula is C15H27NO6. The highest BCUT2D eigenvalue weighted by atomic mass is 16.6. The van der Waals surface area contributed by atoms with Crippen molar-refractivity contribution in [1.82, 2.24) is 5.32 Å². The van der Waals surface area contributed by atoms with Gasteiger partial charge in [0, 0.05) is 6.42 Å². The Hall–Kier alpha value is -1.79. The molecule has 0 fully saturated rings. The second kappa shape index (κ2) is 6.98. The van der Waals surface area contributed by atoms with Crippen molar-refractivity contribution in [3.63, 3.8) is 0 Å². The van der Waals surface area contributed by atoms with Gasteiger partial charge in [-0.2, -0.15) is 0 Å². The average Bonchev–Trinajstić information content (AvgIpc) is 2.20. The van der Waals surface area contributed by atoms with Gasteiger partial charge in [-0.1, -0.05) is 0 Å². The lowest BCUT2D eigenvalue weighted by molar-refractivity contribution is -0.163. The summed E-state index contributed by atoms with van der Waals surface area (Å²) >= 11 is 0. The van der Waals surface area contributed by atoms with Gasteiger partial charge in [0.05, 0.1) is 0 Å². The fourth-order valence-corrected chi connectivity index (χ4v) is 1.49. The largest absolute Gasteiger partial charge is 0.481 e. The third-order valence-electron chi connectivity index (χ3n) is 2.47. The summed E-state index contributed by atoms with van der Waals surface area (Å²) in [6.45, 7) is 11.6. The molecule has 1 atom stereocenters. The molecule has 0 aliphatic heterocycles. The summed E-state index contributed by atoms with van der Waals surface area (Å²) in [7, 11) is 0. The van der Waals surface area contributed by atoms with Gasteiger partial charge in [-0.15, -0.1) is 0 Å². The Morgan fingerprint density at radius 3 is 1.73 bits per heavy atom. The Morgan fingerprint density at radius 1 is 0.909 bits per heavy atom. The molecule has 2 N–H and O–H groups in total. The average molecular weight is 317 g/mol. The van der Waals surface area contributed by atoms with E-state index in [4.69, 9.17) is 14.6 Å². The summed E-state index contributed by atoms with van der Waals surface area (Å²) in [5.74, 6) is -1.77. The molecule has 128 valence electrons. The summed E-state index contributed by atoms with van der Waals surface area (Å²) in [6.07, 6.45) is -1.19. The van der Waals surface area contributed by atoms with E-state index in [0.717, 1.165) is 0 Å². The van der Waals surface area contributed by atoms with Crippen LogP contribution in [0, 0.1) is 0 Å². The summed E-state index contributed by atoms with van der Waals surface area (Å²) in [4.78, 5) is 35.0. The number of nitrogens with one attached hydrogen (secondary N) is 1. The standard InChI is InChI=1S/C15H27NO6/c1-13(2,3)21-11(19)15(7,9-8-10(17)18)16-12(20)22-14(4,5)6/h8-9H2,1-7H3,(H,16,20)(H,17,18)/t15-/m0/s1. The van der Waals surface area contributed by atoms with E-state index in [-0.39, 0.29) is 12.8 Å². The van der Waals surface area contributed by atoms with E-state index in [2.05, 4.69) is 5.32 Å². The van der Waals surface area contributed by atoms with Gasteiger partial charge in [0.2, 0.25) is 0 Å². The number of aliphatic carboxylic acids is 1. The van der Waals surface area contributed by atoms with Crippen LogP contribution in [0.3, 0.4) is 0 Å². The number of carbonyl (C=O) groups excluding carboxylic acids is 2. The molecule has 0 saturated heterocycles. The molecule has 1 amide bonds. The van der Waals surface area contributed by atoms with Gasteiger partial charge in [0.15, 0.2) is 0 Å². The van der Waals surface area contributed by atoms with Crippen LogP contribution in [0.25, 0.3) is 0 Å². The van der Waals surface area contributed by atoms with E-state index in [1.165, 1.54) is 6.92 Å². The first-order valence-corrected chi connectivity index (χ1v) is 7.11. The Bertz CT molecular complexity index is 432. The molecule has 0 radical (unpaired) electrons. The van der Waals surface area contributed by atoms with Crippen LogP contribution in [-0.2, 0) is 19.1 Å². The number of esters is 1. The molecule has 0 heterocycles. The zero-order chi connectivity index (χ0) is 17.8. The Kier molecular flexibility index (Phi) is 6.41. The highest BCUT2D eigenvalue weighted by Gasteiger charge is 2.40. The minimum atomic E-state index is -1.48. The number of hydrogen-bond donors (Lipinski definition) is 2. The van der Waals surface area contributed by atoms with E-state index >= 15 is 0 Å². The van der Waals surface area contributed by atoms with Gasteiger partial charge in [-0.25, -0.2) is 9.59 Å². The van der Waals surface area contributed by atoms with Crippen LogP contribution in [0.5, 0.6) is 0 Å². The predicted molar refractivity (Wildman–Crippen MR) is 80.5 cm³/mol. The fraction of sp³-hybridized carbons (Fsp3) is 0.800. The Labute approximate surface area is 131 Å². The predicted octanol–water partition coefficient (Wildman–Crippen LogP) is 2.48. The van der Waals surface area contributed by atoms with Crippen LogP contribution in [-0.4, -0.2) is 39.9 Å². The van der Waals surface area contributed by atoms with Crippen LogP contribution in [0.15, 0.2) is 0 Å². The topological polar surface area (TPSA) is 102 Å². The number of carbonyl (C=O) groups is 3. The highest BCUT2D eigenvalue weighted by Crippen LogP contribution is 2.20. The Morgan fingerprint density at radius 2 is 1.36 bits per heavy atom. The van der Waals surface area contributed by atoms with Crippen molar-refractivity contribution in [3.05, 3.63) is 0 Å². The van der Waals surface area contributed by atoms with Gasteiger partial charge in [-0.05, 0) is 54.9 Å². The number of alkyl carbamates (subject to hydrolysis) is 1. The summed E-state index contributed by atoms with van der Waals surface area (Å²) < 4.78 is 10.4. The van der Waals surface area contributed by atoms with E-state index in [0.29, 0.717) is 0 Å². The van der Waals surface area contributed by atoms with Crippen molar-refractivity contribution in [2.24, 2.45) is 0 Å². The summed E-state index contributed by atoms with van der Waals surface area (Å²) in [5, 5.41) is 11.2. The number of amides is 1. The van der Waals surface area contributed by atoms with Crippen molar-refractivity contribution in [1.29, 1.82) is 0 Å². The van der Waals surface area contributed by atoms with Crippen LogP contribution in [0.2, 0.25) is 0 Å². The molecule has 0 spiro atoms. The molecule has 7 heteroatoms. The molecule has 0 aromatic carbocycles. The number of ether oxygens (including phenoxy) is 2. The molecule has 0 saturated carbocycles. The summed E-state index contributed by atoms with van der Waals surface area (Å²) in [6, 6.07) is 0. The van der Waals surface area contributed by atoms with E-state index in [1.807, 2.05) is 0 Å². The van der Waals surface area contributed by atoms with Gasteiger partial charge < -0.3 is 19.9 Å². The molecular weight excluding hydrogens is 290 g/mol. The first-order chi connectivity index (χ1) is 9.65. The maximum absolute atomic E-state index is 12.3. The molecule has 22 heavy (non-hydrogen) atoms. The van der Waals surface area contributed by atoms with E-state index in [9.17, 15) is 14.4 Å². The van der Waals surface area contributed by atoms with E-state index in [1.54, 1.807) is 41.5 Å². The van der Waals surface area contributed by atoms with Crippen molar-refractivity contribution in [2.45, 2.75) is 78.0 Å². The number of carboxylic acid groups (broad SMARTS) is 1. The van der Waals surface area contributed by atoms with Crippen LogP contribution < -0.4 is 5.32 Å². The van der Waals surface area contributed by atoms with Crippen LogP contribution in [0.1, 0.15) is 61.3 Å². The molecule has 0 unspecified atom stereocenters.